The summed E-state index contributed by atoms with van der Waals surface area (Å²) in [5.74, 6) is -3.56. The second-order valence-corrected chi connectivity index (χ2v) is 8.15. The van der Waals surface area contributed by atoms with Gasteiger partial charge in [0.05, 0.1) is 16.8 Å². The van der Waals surface area contributed by atoms with E-state index in [9.17, 15) is 27.1 Å². The lowest BCUT2D eigenvalue weighted by molar-refractivity contribution is 0.0697. The van der Waals surface area contributed by atoms with Gasteiger partial charge in [0.2, 0.25) is 0 Å². The van der Waals surface area contributed by atoms with Crippen LogP contribution >= 0.6 is 0 Å². The van der Waals surface area contributed by atoms with Gasteiger partial charge < -0.3 is 14.9 Å². The van der Waals surface area contributed by atoms with Crippen molar-refractivity contribution in [3.8, 4) is 0 Å². The Bertz CT molecular complexity index is 999. The molecule has 2 aromatic rings. The van der Waals surface area contributed by atoms with Crippen LogP contribution in [-0.2, 0) is 10.0 Å². The summed E-state index contributed by atoms with van der Waals surface area (Å²) in [6.45, 7) is 3.54. The highest BCUT2D eigenvalue weighted by Crippen LogP contribution is 2.24. The molecular weight excluding hydrogens is 406 g/mol. The zero-order chi connectivity index (χ0) is 21.8. The topological polar surface area (TPSA) is 103 Å². The van der Waals surface area contributed by atoms with E-state index in [-0.39, 0.29) is 17.1 Å². The summed E-state index contributed by atoms with van der Waals surface area (Å²) < 4.78 is 53.4. The highest BCUT2D eigenvalue weighted by molar-refractivity contribution is 7.92. The molecule has 1 heterocycles. The number of hydrogen-bond acceptors (Lipinski definition) is 6. The Kier molecular flexibility index (Phi) is 7.09. The molecule has 0 aliphatic carbocycles. The molecule has 0 spiro atoms. The molecule has 2 N–H and O–H groups in total. The molecule has 158 valence electrons. The van der Waals surface area contributed by atoms with Gasteiger partial charge in [-0.1, -0.05) is 0 Å². The lowest BCUT2D eigenvalue weighted by Crippen LogP contribution is -2.33. The van der Waals surface area contributed by atoms with Crippen LogP contribution in [0.4, 0.5) is 20.3 Å². The minimum absolute atomic E-state index is 0.112. The highest BCUT2D eigenvalue weighted by atomic mass is 32.2. The van der Waals surface area contributed by atoms with Crippen molar-refractivity contribution >= 4 is 27.5 Å². The number of carboxylic acid groups (broad SMARTS) is 1. The van der Waals surface area contributed by atoms with E-state index in [1.54, 1.807) is 4.90 Å². The van der Waals surface area contributed by atoms with Crippen molar-refractivity contribution in [1.29, 1.82) is 0 Å². The monoisotopic (exact) mass is 428 g/mol. The molecule has 2 rings (SSSR count). The van der Waals surface area contributed by atoms with Gasteiger partial charge in [0.25, 0.3) is 10.0 Å². The number of nitrogens with one attached hydrogen (secondary N) is 1. The van der Waals surface area contributed by atoms with E-state index in [4.69, 9.17) is 0 Å². The standard InChI is InChI=1S/C18H22F2N4O4S/c1-4-24(8-7-23(2)3)17-14(18(25)26)9-12(11-21-17)22-29(27,28)13-5-6-15(19)16(20)10-13/h5-6,9-11,22H,4,7-8H2,1-3H3,(H,25,26). The molecule has 1 aromatic carbocycles. The number of hydrogen-bond donors (Lipinski definition) is 2. The van der Waals surface area contributed by atoms with Crippen LogP contribution < -0.4 is 9.62 Å². The Morgan fingerprint density at radius 3 is 2.41 bits per heavy atom. The van der Waals surface area contributed by atoms with Gasteiger partial charge in [0.1, 0.15) is 11.4 Å². The molecule has 11 heteroatoms. The molecule has 0 fully saturated rings. The number of carbonyl (C=O) groups is 1. The quantitative estimate of drug-likeness (QED) is 0.631. The molecule has 0 saturated heterocycles. The third-order valence-corrected chi connectivity index (χ3v) is 5.43. The van der Waals surface area contributed by atoms with E-state index in [1.165, 1.54) is 6.20 Å². The SMILES string of the molecule is CCN(CCN(C)C)c1ncc(NS(=O)(=O)c2ccc(F)c(F)c2)cc1C(=O)O. The van der Waals surface area contributed by atoms with Crippen molar-refractivity contribution in [2.75, 3.05) is 43.4 Å². The average Bonchev–Trinajstić information content (AvgIpc) is 2.64. The van der Waals surface area contributed by atoms with Crippen molar-refractivity contribution in [2.45, 2.75) is 11.8 Å². The van der Waals surface area contributed by atoms with Crippen LogP contribution in [0.25, 0.3) is 0 Å². The molecular formula is C18H22F2N4O4S. The fourth-order valence-corrected chi connectivity index (χ4v) is 3.56. The normalized spacial score (nSPS) is 11.5. The first kappa shape index (κ1) is 22.5. The molecule has 0 radical (unpaired) electrons. The van der Waals surface area contributed by atoms with Gasteiger partial charge in [-0.05, 0) is 45.3 Å². The zero-order valence-electron chi connectivity index (χ0n) is 16.2. The maximum absolute atomic E-state index is 13.4. The Morgan fingerprint density at radius 2 is 1.86 bits per heavy atom. The van der Waals surface area contributed by atoms with E-state index in [0.29, 0.717) is 31.8 Å². The van der Waals surface area contributed by atoms with E-state index < -0.39 is 32.5 Å². The smallest absolute Gasteiger partial charge is 0.339 e. The van der Waals surface area contributed by atoms with Crippen molar-refractivity contribution in [3.63, 3.8) is 0 Å². The van der Waals surface area contributed by atoms with E-state index in [0.717, 1.165) is 12.1 Å². The second kappa shape index (κ2) is 9.14. The largest absolute Gasteiger partial charge is 0.478 e. The summed E-state index contributed by atoms with van der Waals surface area (Å²) >= 11 is 0. The molecule has 0 unspecified atom stereocenters. The van der Waals surface area contributed by atoms with E-state index in [2.05, 4.69) is 9.71 Å². The molecule has 0 aliphatic heterocycles. The Morgan fingerprint density at radius 1 is 1.17 bits per heavy atom. The summed E-state index contributed by atoms with van der Waals surface area (Å²) in [6.07, 6.45) is 1.18. The molecule has 0 bridgehead atoms. The summed E-state index contributed by atoms with van der Waals surface area (Å²) in [5, 5.41) is 9.55. The number of anilines is 2. The first-order valence-electron chi connectivity index (χ1n) is 8.66. The summed E-state index contributed by atoms with van der Waals surface area (Å²) in [6, 6.07) is 3.27. The summed E-state index contributed by atoms with van der Waals surface area (Å²) in [4.78, 5) is 19.0. The third kappa shape index (κ3) is 5.61. The first-order chi connectivity index (χ1) is 13.5. The van der Waals surface area contributed by atoms with Crippen LogP contribution in [0.5, 0.6) is 0 Å². The lowest BCUT2D eigenvalue weighted by atomic mass is 10.2. The molecule has 0 saturated carbocycles. The van der Waals surface area contributed by atoms with Crippen LogP contribution in [0.15, 0.2) is 35.4 Å². The van der Waals surface area contributed by atoms with Crippen molar-refractivity contribution < 1.29 is 27.1 Å². The fourth-order valence-electron chi connectivity index (χ4n) is 2.52. The number of aromatic carboxylic acids is 1. The predicted molar refractivity (Wildman–Crippen MR) is 105 cm³/mol. The molecule has 0 amide bonds. The number of nitrogens with zero attached hydrogens (tertiary/aromatic N) is 3. The van der Waals surface area contributed by atoms with Gasteiger partial charge in [-0.25, -0.2) is 27.0 Å². The lowest BCUT2D eigenvalue weighted by Gasteiger charge is -2.25. The number of rotatable bonds is 9. The van der Waals surface area contributed by atoms with Gasteiger partial charge in [-0.2, -0.15) is 0 Å². The third-order valence-electron chi connectivity index (χ3n) is 4.05. The van der Waals surface area contributed by atoms with Gasteiger partial charge in [-0.3, -0.25) is 4.72 Å². The fraction of sp³-hybridized carbons (Fsp3) is 0.333. The number of carboxylic acids is 1. The van der Waals surface area contributed by atoms with Crippen molar-refractivity contribution in [1.82, 2.24) is 9.88 Å². The Hall–Kier alpha value is -2.79. The van der Waals surface area contributed by atoms with Crippen LogP contribution in [0.1, 0.15) is 17.3 Å². The number of halogens is 2. The molecule has 0 atom stereocenters. The summed E-state index contributed by atoms with van der Waals surface area (Å²) in [7, 11) is -0.496. The maximum atomic E-state index is 13.4. The minimum atomic E-state index is -4.27. The Balaban J connectivity index is 2.36. The van der Waals surface area contributed by atoms with Gasteiger partial charge in [-0.15, -0.1) is 0 Å². The molecule has 29 heavy (non-hydrogen) atoms. The van der Waals surface area contributed by atoms with Gasteiger partial charge >= 0.3 is 5.97 Å². The van der Waals surface area contributed by atoms with Crippen LogP contribution in [0.2, 0.25) is 0 Å². The predicted octanol–water partition coefficient (Wildman–Crippen LogP) is 2.25. The average molecular weight is 428 g/mol. The van der Waals surface area contributed by atoms with Crippen LogP contribution in [0.3, 0.4) is 0 Å². The number of sulfonamides is 1. The summed E-state index contributed by atoms with van der Waals surface area (Å²) in [5.41, 5.74) is -0.296. The van der Waals surface area contributed by atoms with E-state index in [1.807, 2.05) is 25.9 Å². The maximum Gasteiger partial charge on any atom is 0.339 e. The van der Waals surface area contributed by atoms with Crippen LogP contribution in [0, 0.1) is 11.6 Å². The second-order valence-electron chi connectivity index (χ2n) is 6.46. The molecule has 8 nitrogen and oxygen atoms in total. The molecule has 1 aromatic heterocycles. The van der Waals surface area contributed by atoms with Crippen molar-refractivity contribution in [2.24, 2.45) is 0 Å². The van der Waals surface area contributed by atoms with Gasteiger partial charge in [0, 0.05) is 19.6 Å². The minimum Gasteiger partial charge on any atom is -0.478 e. The highest BCUT2D eigenvalue weighted by Gasteiger charge is 2.21. The zero-order valence-corrected chi connectivity index (χ0v) is 17.0. The van der Waals surface area contributed by atoms with Gasteiger partial charge in [0.15, 0.2) is 11.6 Å². The number of aromatic nitrogens is 1. The first-order valence-corrected chi connectivity index (χ1v) is 10.1. The molecule has 0 aliphatic rings. The Labute approximate surface area is 167 Å². The number of benzene rings is 1. The number of pyridine rings is 1. The van der Waals surface area contributed by atoms with E-state index >= 15 is 0 Å². The number of likely N-dealkylation sites (N-methyl/N-ethyl adjacent to an activating group) is 2. The van der Waals surface area contributed by atoms with Crippen molar-refractivity contribution in [3.05, 3.63) is 47.7 Å². The van der Waals surface area contributed by atoms with Crippen LogP contribution in [-0.4, -0.2) is 63.1 Å².